The lowest BCUT2D eigenvalue weighted by atomic mass is 9.67. The molecule has 1 amide bonds. The van der Waals surface area contributed by atoms with Crippen molar-refractivity contribution in [1.82, 2.24) is 15.5 Å². The Kier molecular flexibility index (Phi) is 4.83. The molecule has 2 aliphatic heterocycles. The van der Waals surface area contributed by atoms with Crippen molar-refractivity contribution < 1.29 is 4.79 Å². The molecule has 2 fully saturated rings. The predicted molar refractivity (Wildman–Crippen MR) is 100 cm³/mol. The molecule has 1 unspecified atom stereocenters. The first-order valence-electron chi connectivity index (χ1n) is 9.99. The van der Waals surface area contributed by atoms with E-state index in [-0.39, 0.29) is 5.41 Å². The van der Waals surface area contributed by atoms with Gasteiger partial charge in [0.05, 0.1) is 5.41 Å². The second-order valence-electron chi connectivity index (χ2n) is 8.28. The molecule has 3 aliphatic rings. The Hall–Kier alpha value is -1.39. The van der Waals surface area contributed by atoms with Gasteiger partial charge in [0.15, 0.2) is 0 Å². The Bertz CT molecular complexity index is 631. The summed E-state index contributed by atoms with van der Waals surface area (Å²) in [5, 5.41) is 6.79. The van der Waals surface area contributed by atoms with Gasteiger partial charge in [0.2, 0.25) is 5.91 Å². The number of fused-ring (bicyclic) bond motifs is 2. The first-order chi connectivity index (χ1) is 12.2. The van der Waals surface area contributed by atoms with Crippen LogP contribution in [0.3, 0.4) is 0 Å². The first kappa shape index (κ1) is 17.0. The highest BCUT2D eigenvalue weighted by atomic mass is 16.2. The van der Waals surface area contributed by atoms with E-state index in [4.69, 9.17) is 0 Å². The minimum absolute atomic E-state index is 0.132. The van der Waals surface area contributed by atoms with Gasteiger partial charge in [0.25, 0.3) is 0 Å². The second-order valence-corrected chi connectivity index (χ2v) is 8.28. The van der Waals surface area contributed by atoms with E-state index < -0.39 is 0 Å². The Labute approximate surface area is 151 Å². The zero-order valence-corrected chi connectivity index (χ0v) is 15.4. The number of carbonyl (C=O) groups is 1. The van der Waals surface area contributed by atoms with E-state index in [1.807, 2.05) is 0 Å². The molecule has 1 saturated heterocycles. The smallest absolute Gasteiger partial charge is 0.227 e. The minimum Gasteiger partial charge on any atom is -0.354 e. The number of hydrogen-bond donors (Lipinski definition) is 2. The van der Waals surface area contributed by atoms with Gasteiger partial charge in [-0.15, -0.1) is 0 Å². The number of nitrogens with zero attached hydrogens (tertiary/aromatic N) is 1. The van der Waals surface area contributed by atoms with Gasteiger partial charge in [-0.05, 0) is 49.8 Å². The van der Waals surface area contributed by atoms with Gasteiger partial charge >= 0.3 is 0 Å². The summed E-state index contributed by atoms with van der Waals surface area (Å²) in [7, 11) is 0. The highest BCUT2D eigenvalue weighted by Gasteiger charge is 2.49. The normalized spacial score (nSPS) is 30.4. The fourth-order valence-electron chi connectivity index (χ4n) is 5.13. The van der Waals surface area contributed by atoms with E-state index in [9.17, 15) is 4.79 Å². The number of benzene rings is 1. The summed E-state index contributed by atoms with van der Waals surface area (Å²) in [6.45, 7) is 6.99. The van der Waals surface area contributed by atoms with E-state index in [2.05, 4.69) is 46.7 Å². The number of hydrogen-bond acceptors (Lipinski definition) is 3. The van der Waals surface area contributed by atoms with E-state index in [1.165, 1.54) is 30.4 Å². The third-order valence-electron chi connectivity index (χ3n) is 6.83. The standard InChI is InChI=1S/C21H31N3O/c1-16(24-11-9-17-6-2-3-7-18(17)14-24)12-23-20(25)21-10-5-4-8-19(21)13-22-15-21/h2-3,6-7,16,19,22H,4-5,8-15H2,1H3,(H,23,25)/t16?,19-,21+/m0/s1. The summed E-state index contributed by atoms with van der Waals surface area (Å²) in [6, 6.07) is 9.12. The Morgan fingerprint density at radius 2 is 2.20 bits per heavy atom. The molecule has 25 heavy (non-hydrogen) atoms. The number of nitrogens with one attached hydrogen (secondary N) is 2. The maximum atomic E-state index is 13.0. The van der Waals surface area contributed by atoms with Crippen molar-refractivity contribution >= 4 is 5.91 Å². The molecule has 2 heterocycles. The third-order valence-corrected chi connectivity index (χ3v) is 6.83. The van der Waals surface area contributed by atoms with E-state index in [0.717, 1.165) is 45.6 Å². The van der Waals surface area contributed by atoms with E-state index in [1.54, 1.807) is 0 Å². The lowest BCUT2D eigenvalue weighted by molar-refractivity contribution is -0.134. The molecule has 1 saturated carbocycles. The Balaban J connectivity index is 1.34. The summed E-state index contributed by atoms with van der Waals surface area (Å²) in [5.74, 6) is 0.838. The number of rotatable bonds is 4. The van der Waals surface area contributed by atoms with Crippen LogP contribution in [0.4, 0.5) is 0 Å². The van der Waals surface area contributed by atoms with E-state index in [0.29, 0.717) is 17.9 Å². The molecule has 2 N–H and O–H groups in total. The van der Waals surface area contributed by atoms with Crippen LogP contribution in [0.2, 0.25) is 0 Å². The maximum Gasteiger partial charge on any atom is 0.227 e. The van der Waals surface area contributed by atoms with Gasteiger partial charge in [-0.2, -0.15) is 0 Å². The molecular formula is C21H31N3O. The quantitative estimate of drug-likeness (QED) is 0.883. The van der Waals surface area contributed by atoms with Crippen LogP contribution in [0.15, 0.2) is 24.3 Å². The molecule has 0 aromatic heterocycles. The third kappa shape index (κ3) is 3.22. The molecule has 136 valence electrons. The van der Waals surface area contributed by atoms with Crippen LogP contribution >= 0.6 is 0 Å². The monoisotopic (exact) mass is 341 g/mol. The number of amides is 1. The van der Waals surface area contributed by atoms with Crippen LogP contribution in [0.25, 0.3) is 0 Å². The van der Waals surface area contributed by atoms with Gasteiger partial charge in [0, 0.05) is 32.2 Å². The second kappa shape index (κ2) is 7.08. The highest BCUT2D eigenvalue weighted by molar-refractivity contribution is 5.84. The molecular weight excluding hydrogens is 310 g/mol. The van der Waals surface area contributed by atoms with Gasteiger partial charge in [-0.3, -0.25) is 9.69 Å². The molecule has 4 rings (SSSR count). The molecule has 1 aromatic rings. The van der Waals surface area contributed by atoms with Gasteiger partial charge in [0.1, 0.15) is 0 Å². The lowest BCUT2D eigenvalue weighted by Gasteiger charge is -2.38. The maximum absolute atomic E-state index is 13.0. The van der Waals surface area contributed by atoms with Crippen LogP contribution in [0.1, 0.15) is 43.7 Å². The van der Waals surface area contributed by atoms with Gasteiger partial charge < -0.3 is 10.6 Å². The van der Waals surface area contributed by atoms with Gasteiger partial charge in [-0.25, -0.2) is 0 Å². The summed E-state index contributed by atoms with van der Waals surface area (Å²) in [4.78, 5) is 15.5. The fourth-order valence-corrected chi connectivity index (χ4v) is 5.13. The zero-order chi connectivity index (χ0) is 17.3. The Morgan fingerprint density at radius 1 is 1.36 bits per heavy atom. The lowest BCUT2D eigenvalue weighted by Crippen LogP contribution is -2.51. The molecule has 3 atom stereocenters. The largest absolute Gasteiger partial charge is 0.354 e. The minimum atomic E-state index is -0.132. The van der Waals surface area contributed by atoms with Crippen molar-refractivity contribution in [1.29, 1.82) is 0 Å². The fraction of sp³-hybridized carbons (Fsp3) is 0.667. The molecule has 0 bridgehead atoms. The van der Waals surface area contributed by atoms with Gasteiger partial charge in [-0.1, -0.05) is 37.1 Å². The van der Waals surface area contributed by atoms with Crippen LogP contribution < -0.4 is 10.6 Å². The van der Waals surface area contributed by atoms with Crippen LogP contribution in [-0.4, -0.2) is 43.0 Å². The zero-order valence-electron chi connectivity index (χ0n) is 15.4. The first-order valence-corrected chi connectivity index (χ1v) is 9.99. The summed E-state index contributed by atoms with van der Waals surface area (Å²) in [6.07, 6.45) is 5.86. The van der Waals surface area contributed by atoms with Crippen molar-refractivity contribution in [2.45, 2.75) is 51.6 Å². The molecule has 1 aliphatic carbocycles. The summed E-state index contributed by atoms with van der Waals surface area (Å²) in [5.41, 5.74) is 2.79. The molecule has 1 aromatic carbocycles. The highest BCUT2D eigenvalue weighted by Crippen LogP contribution is 2.43. The summed E-state index contributed by atoms with van der Waals surface area (Å²) >= 11 is 0. The van der Waals surface area contributed by atoms with Crippen LogP contribution in [-0.2, 0) is 17.8 Å². The van der Waals surface area contributed by atoms with Crippen molar-refractivity contribution in [2.24, 2.45) is 11.3 Å². The average molecular weight is 341 g/mol. The van der Waals surface area contributed by atoms with E-state index >= 15 is 0 Å². The Morgan fingerprint density at radius 3 is 3.08 bits per heavy atom. The van der Waals surface area contributed by atoms with Crippen molar-refractivity contribution in [3.63, 3.8) is 0 Å². The number of carbonyl (C=O) groups excluding carboxylic acids is 1. The van der Waals surface area contributed by atoms with Crippen molar-refractivity contribution in [3.8, 4) is 0 Å². The average Bonchev–Trinajstić information content (AvgIpc) is 3.10. The van der Waals surface area contributed by atoms with Crippen molar-refractivity contribution in [2.75, 3.05) is 26.2 Å². The van der Waals surface area contributed by atoms with Crippen molar-refractivity contribution in [3.05, 3.63) is 35.4 Å². The van der Waals surface area contributed by atoms with Crippen LogP contribution in [0.5, 0.6) is 0 Å². The summed E-state index contributed by atoms with van der Waals surface area (Å²) < 4.78 is 0. The SMILES string of the molecule is CC(CNC(=O)[C@@]12CCCC[C@H]1CNC2)N1CCc2ccccc2C1. The van der Waals surface area contributed by atoms with Crippen LogP contribution in [0, 0.1) is 11.3 Å². The molecule has 4 heteroatoms. The molecule has 0 spiro atoms. The predicted octanol–water partition coefficient (Wildman–Crippen LogP) is 2.33. The molecule has 0 radical (unpaired) electrons. The molecule has 4 nitrogen and oxygen atoms in total. The topological polar surface area (TPSA) is 44.4 Å².